The second-order valence-electron chi connectivity index (χ2n) is 5.83. The summed E-state index contributed by atoms with van der Waals surface area (Å²) >= 11 is 3.32. The number of hydrogen-bond acceptors (Lipinski definition) is 3. The Kier molecular flexibility index (Phi) is 6.20. The lowest BCUT2D eigenvalue weighted by molar-refractivity contribution is -0.138. The molecule has 21 heavy (non-hydrogen) atoms. The zero-order valence-corrected chi connectivity index (χ0v) is 13.9. The first-order chi connectivity index (χ1) is 9.68. The Labute approximate surface area is 132 Å². The number of carbonyl (C=O) groups is 2. The number of amides is 1. The standard InChI is InChI=1S/C15H20BrNO4/c1-15(2,3)12(8-14(19)20)17-13(18)9-21-11-6-4-5-10(16)7-11/h4-7,12H,8-9H2,1-3H3,(H,17,18)(H,19,20). The van der Waals surface area contributed by atoms with Crippen molar-refractivity contribution >= 4 is 27.8 Å². The van der Waals surface area contributed by atoms with E-state index in [-0.39, 0.29) is 24.3 Å². The van der Waals surface area contributed by atoms with Gasteiger partial charge < -0.3 is 15.2 Å². The number of rotatable bonds is 6. The van der Waals surface area contributed by atoms with Gasteiger partial charge >= 0.3 is 5.97 Å². The van der Waals surface area contributed by atoms with Crippen molar-refractivity contribution in [2.45, 2.75) is 33.2 Å². The van der Waals surface area contributed by atoms with Crippen LogP contribution in [0.4, 0.5) is 0 Å². The van der Waals surface area contributed by atoms with Crippen LogP contribution >= 0.6 is 15.9 Å². The van der Waals surface area contributed by atoms with Crippen molar-refractivity contribution in [3.63, 3.8) is 0 Å². The van der Waals surface area contributed by atoms with Crippen LogP contribution in [-0.4, -0.2) is 29.6 Å². The van der Waals surface area contributed by atoms with Gasteiger partial charge in [-0.15, -0.1) is 0 Å². The molecule has 1 atom stereocenters. The number of nitrogens with one attached hydrogen (secondary N) is 1. The molecule has 0 saturated carbocycles. The molecule has 0 bridgehead atoms. The molecule has 0 saturated heterocycles. The van der Waals surface area contributed by atoms with Gasteiger partial charge in [0, 0.05) is 10.5 Å². The van der Waals surface area contributed by atoms with Crippen LogP contribution in [0.5, 0.6) is 5.75 Å². The maximum Gasteiger partial charge on any atom is 0.305 e. The summed E-state index contributed by atoms with van der Waals surface area (Å²) < 4.78 is 6.24. The van der Waals surface area contributed by atoms with Crippen LogP contribution in [0, 0.1) is 5.41 Å². The minimum Gasteiger partial charge on any atom is -0.484 e. The summed E-state index contributed by atoms with van der Waals surface area (Å²) in [4.78, 5) is 22.8. The Morgan fingerprint density at radius 2 is 2.05 bits per heavy atom. The third-order valence-corrected chi connectivity index (χ3v) is 3.42. The molecular formula is C15H20BrNO4. The van der Waals surface area contributed by atoms with Gasteiger partial charge in [0.05, 0.1) is 6.42 Å². The SMILES string of the molecule is CC(C)(C)C(CC(=O)O)NC(=O)COc1cccc(Br)c1. The third-order valence-electron chi connectivity index (χ3n) is 2.93. The lowest BCUT2D eigenvalue weighted by Gasteiger charge is -2.30. The number of hydrogen-bond donors (Lipinski definition) is 2. The van der Waals surface area contributed by atoms with Crippen molar-refractivity contribution in [3.8, 4) is 5.75 Å². The van der Waals surface area contributed by atoms with Gasteiger partial charge in [-0.1, -0.05) is 42.8 Å². The van der Waals surface area contributed by atoms with Crippen LogP contribution < -0.4 is 10.1 Å². The highest BCUT2D eigenvalue weighted by Gasteiger charge is 2.28. The number of carbonyl (C=O) groups excluding carboxylic acids is 1. The van der Waals surface area contributed by atoms with Crippen molar-refractivity contribution in [1.82, 2.24) is 5.32 Å². The van der Waals surface area contributed by atoms with E-state index in [9.17, 15) is 9.59 Å². The molecule has 1 aromatic rings. The van der Waals surface area contributed by atoms with E-state index in [1.54, 1.807) is 18.2 Å². The van der Waals surface area contributed by atoms with Crippen molar-refractivity contribution in [1.29, 1.82) is 0 Å². The number of carboxylic acid groups (broad SMARTS) is 1. The molecule has 0 radical (unpaired) electrons. The highest BCUT2D eigenvalue weighted by atomic mass is 79.9. The summed E-state index contributed by atoms with van der Waals surface area (Å²) in [6.45, 7) is 5.50. The topological polar surface area (TPSA) is 75.6 Å². The highest BCUT2D eigenvalue weighted by Crippen LogP contribution is 2.22. The first-order valence-electron chi connectivity index (χ1n) is 6.58. The van der Waals surface area contributed by atoms with E-state index in [4.69, 9.17) is 9.84 Å². The summed E-state index contributed by atoms with van der Waals surface area (Å²) in [6.07, 6.45) is -0.119. The van der Waals surface area contributed by atoms with Crippen LogP contribution in [0.1, 0.15) is 27.2 Å². The summed E-state index contributed by atoms with van der Waals surface area (Å²) in [7, 11) is 0. The van der Waals surface area contributed by atoms with E-state index in [1.807, 2.05) is 26.8 Å². The minimum absolute atomic E-state index is 0.119. The molecule has 1 aromatic carbocycles. The summed E-state index contributed by atoms with van der Waals surface area (Å²) in [5.41, 5.74) is -0.343. The molecule has 0 aliphatic heterocycles. The maximum absolute atomic E-state index is 11.9. The summed E-state index contributed by atoms with van der Waals surface area (Å²) in [5, 5.41) is 11.6. The van der Waals surface area contributed by atoms with Crippen LogP contribution in [-0.2, 0) is 9.59 Å². The number of halogens is 1. The van der Waals surface area contributed by atoms with Gasteiger partial charge in [0.2, 0.25) is 0 Å². The predicted molar refractivity (Wildman–Crippen MR) is 83.3 cm³/mol. The van der Waals surface area contributed by atoms with Gasteiger partial charge in [-0.2, -0.15) is 0 Å². The van der Waals surface area contributed by atoms with Crippen LogP contribution in [0.2, 0.25) is 0 Å². The zero-order valence-electron chi connectivity index (χ0n) is 12.4. The molecule has 0 aromatic heterocycles. The van der Waals surface area contributed by atoms with E-state index >= 15 is 0 Å². The first kappa shape index (κ1) is 17.5. The summed E-state index contributed by atoms with van der Waals surface area (Å²) in [6, 6.07) is 6.71. The molecule has 5 nitrogen and oxygen atoms in total. The van der Waals surface area contributed by atoms with Gasteiger partial charge in [-0.05, 0) is 23.6 Å². The van der Waals surface area contributed by atoms with E-state index in [0.717, 1.165) is 4.47 Å². The molecular weight excluding hydrogens is 338 g/mol. The number of carboxylic acids is 1. The van der Waals surface area contributed by atoms with Gasteiger partial charge in [-0.25, -0.2) is 0 Å². The Balaban J connectivity index is 2.56. The lowest BCUT2D eigenvalue weighted by Crippen LogP contribution is -2.46. The lowest BCUT2D eigenvalue weighted by atomic mass is 9.85. The van der Waals surface area contributed by atoms with Gasteiger partial charge in [0.15, 0.2) is 6.61 Å². The fourth-order valence-electron chi connectivity index (χ4n) is 1.69. The molecule has 1 rings (SSSR count). The molecule has 0 spiro atoms. The van der Waals surface area contributed by atoms with Crippen LogP contribution in [0.15, 0.2) is 28.7 Å². The van der Waals surface area contributed by atoms with Crippen LogP contribution in [0.25, 0.3) is 0 Å². The third kappa shape index (κ3) is 6.62. The van der Waals surface area contributed by atoms with E-state index in [0.29, 0.717) is 5.75 Å². The molecule has 1 unspecified atom stereocenters. The predicted octanol–water partition coefficient (Wildman–Crippen LogP) is 2.83. The highest BCUT2D eigenvalue weighted by molar-refractivity contribution is 9.10. The average Bonchev–Trinajstić information content (AvgIpc) is 2.34. The normalized spacial score (nSPS) is 12.6. The molecule has 2 N–H and O–H groups in total. The monoisotopic (exact) mass is 357 g/mol. The Hall–Kier alpha value is -1.56. The largest absolute Gasteiger partial charge is 0.484 e. The second kappa shape index (κ2) is 7.45. The van der Waals surface area contributed by atoms with E-state index in [2.05, 4.69) is 21.2 Å². The smallest absolute Gasteiger partial charge is 0.305 e. The fourth-order valence-corrected chi connectivity index (χ4v) is 2.07. The molecule has 0 aliphatic rings. The molecule has 116 valence electrons. The molecule has 0 heterocycles. The average molecular weight is 358 g/mol. The number of benzene rings is 1. The van der Waals surface area contributed by atoms with Gasteiger partial charge in [0.1, 0.15) is 5.75 Å². The quantitative estimate of drug-likeness (QED) is 0.820. The first-order valence-corrected chi connectivity index (χ1v) is 7.37. The van der Waals surface area contributed by atoms with Crippen molar-refractivity contribution in [3.05, 3.63) is 28.7 Å². The van der Waals surface area contributed by atoms with E-state index in [1.165, 1.54) is 0 Å². The second-order valence-corrected chi connectivity index (χ2v) is 6.75. The fraction of sp³-hybridized carbons (Fsp3) is 0.467. The Morgan fingerprint density at radius 3 is 2.57 bits per heavy atom. The number of aliphatic carboxylic acids is 1. The maximum atomic E-state index is 11.9. The molecule has 1 amide bonds. The zero-order chi connectivity index (χ0) is 16.0. The van der Waals surface area contributed by atoms with Gasteiger partial charge in [-0.3, -0.25) is 9.59 Å². The van der Waals surface area contributed by atoms with Crippen LogP contribution in [0.3, 0.4) is 0 Å². The summed E-state index contributed by atoms with van der Waals surface area (Å²) in [5.74, 6) is -0.704. The Bertz CT molecular complexity index is 511. The minimum atomic E-state index is -0.942. The Morgan fingerprint density at radius 1 is 1.38 bits per heavy atom. The van der Waals surface area contributed by atoms with E-state index < -0.39 is 12.0 Å². The van der Waals surface area contributed by atoms with Gasteiger partial charge in [0.25, 0.3) is 5.91 Å². The molecule has 0 fully saturated rings. The molecule has 6 heteroatoms. The van der Waals surface area contributed by atoms with Crippen molar-refractivity contribution in [2.24, 2.45) is 5.41 Å². The molecule has 0 aliphatic carbocycles. The van der Waals surface area contributed by atoms with Crippen molar-refractivity contribution < 1.29 is 19.4 Å². The van der Waals surface area contributed by atoms with Crippen molar-refractivity contribution in [2.75, 3.05) is 6.61 Å². The number of ether oxygens (including phenoxy) is 1.